The van der Waals surface area contributed by atoms with Crippen molar-refractivity contribution in [1.29, 1.82) is 0 Å². The molecule has 0 aliphatic carbocycles. The number of halogens is 1. The van der Waals surface area contributed by atoms with Crippen molar-refractivity contribution in [3.8, 4) is 22.0 Å². The summed E-state index contributed by atoms with van der Waals surface area (Å²) in [6, 6.07) is 13.9. The first-order valence-corrected chi connectivity index (χ1v) is 14.2. The lowest BCUT2D eigenvalue weighted by molar-refractivity contribution is 0.0383. The molecule has 1 saturated heterocycles. The summed E-state index contributed by atoms with van der Waals surface area (Å²) < 4.78 is 7.58. The molecular weight excluding hydrogens is 518 g/mol. The molecule has 4 aromatic rings. The molecule has 9 heteroatoms. The summed E-state index contributed by atoms with van der Waals surface area (Å²) in [4.78, 5) is 25.0. The second-order valence-electron chi connectivity index (χ2n) is 9.38. The number of aromatic nitrogens is 3. The second kappa shape index (κ2) is 12.2. The molecule has 1 aliphatic heterocycles. The van der Waals surface area contributed by atoms with E-state index >= 15 is 0 Å². The maximum Gasteiger partial charge on any atom is 0.253 e. The maximum absolute atomic E-state index is 13.3. The lowest BCUT2D eigenvalue weighted by atomic mass is 10.2. The van der Waals surface area contributed by atoms with Crippen LogP contribution in [0.5, 0.6) is 0 Å². The highest BCUT2D eigenvalue weighted by molar-refractivity contribution is 7.13. The zero-order valence-electron chi connectivity index (χ0n) is 21.7. The third-order valence-corrected chi connectivity index (χ3v) is 7.98. The predicted molar refractivity (Wildman–Crippen MR) is 153 cm³/mol. The number of nitrogens with one attached hydrogen (secondary N) is 1. The topological polar surface area (TPSA) is 72.3 Å². The van der Waals surface area contributed by atoms with E-state index in [9.17, 15) is 4.79 Å². The normalized spacial score (nSPS) is 14.1. The Balaban J connectivity index is 1.43. The summed E-state index contributed by atoms with van der Waals surface area (Å²) in [5.74, 6) is -0.0703. The molecule has 0 radical (unpaired) electrons. The quantitative estimate of drug-likeness (QED) is 0.306. The number of benzene rings is 1. The van der Waals surface area contributed by atoms with Gasteiger partial charge in [-0.25, -0.2) is 4.98 Å². The molecule has 1 amide bonds. The van der Waals surface area contributed by atoms with Crippen LogP contribution >= 0.6 is 22.9 Å². The number of ether oxygens (including phenoxy) is 1. The molecule has 0 saturated carbocycles. The molecule has 0 unspecified atom stereocenters. The molecule has 1 fully saturated rings. The zero-order valence-corrected chi connectivity index (χ0v) is 23.3. The fraction of sp³-hybridized carbons (Fsp3) is 0.345. The Hall–Kier alpha value is -3.04. The van der Waals surface area contributed by atoms with Crippen molar-refractivity contribution in [3.05, 3.63) is 81.6 Å². The van der Waals surface area contributed by atoms with Gasteiger partial charge in [0.2, 0.25) is 0 Å². The Morgan fingerprint density at radius 3 is 2.82 bits per heavy atom. The Bertz CT molecular complexity index is 1410. The van der Waals surface area contributed by atoms with Crippen molar-refractivity contribution in [1.82, 2.24) is 24.8 Å². The molecule has 1 aromatic carbocycles. The number of carbonyl (C=O) groups is 1. The fourth-order valence-corrected chi connectivity index (χ4v) is 5.71. The van der Waals surface area contributed by atoms with Crippen molar-refractivity contribution in [3.63, 3.8) is 0 Å². The SMILES string of the molecule is CCc1cc(-c2nc(-c3cc(C(=O)NCCN4CCOCC4)c(C)n3Cc3cccc(Cl)c3)cs2)ccn1. The van der Waals surface area contributed by atoms with Gasteiger partial charge in [-0.15, -0.1) is 11.3 Å². The van der Waals surface area contributed by atoms with E-state index in [-0.39, 0.29) is 5.91 Å². The number of morpholine rings is 1. The summed E-state index contributed by atoms with van der Waals surface area (Å²) in [7, 11) is 0. The zero-order chi connectivity index (χ0) is 26.5. The Labute approximate surface area is 232 Å². The van der Waals surface area contributed by atoms with Crippen LogP contribution in [-0.4, -0.2) is 64.7 Å². The maximum atomic E-state index is 13.3. The van der Waals surface area contributed by atoms with Crippen LogP contribution in [0.3, 0.4) is 0 Å². The number of nitrogens with zero attached hydrogens (tertiary/aromatic N) is 4. The smallest absolute Gasteiger partial charge is 0.253 e. The largest absolute Gasteiger partial charge is 0.379 e. The summed E-state index contributed by atoms with van der Waals surface area (Å²) in [6.45, 7) is 9.38. The Kier molecular flexibility index (Phi) is 8.54. The number of hydrogen-bond donors (Lipinski definition) is 1. The van der Waals surface area contributed by atoms with Crippen LogP contribution in [0.15, 0.2) is 54.0 Å². The van der Waals surface area contributed by atoms with E-state index in [1.54, 1.807) is 11.3 Å². The molecule has 7 nitrogen and oxygen atoms in total. The van der Waals surface area contributed by atoms with Crippen LogP contribution in [0.1, 0.15) is 34.2 Å². The molecule has 0 bridgehead atoms. The highest BCUT2D eigenvalue weighted by Gasteiger charge is 2.21. The average Bonchev–Trinajstić information content (AvgIpc) is 3.55. The third kappa shape index (κ3) is 6.15. The van der Waals surface area contributed by atoms with Gasteiger partial charge in [0.15, 0.2) is 0 Å². The molecule has 5 rings (SSSR count). The number of aryl methyl sites for hydroxylation is 1. The van der Waals surface area contributed by atoms with Crippen molar-refractivity contribution >= 4 is 28.8 Å². The fourth-order valence-electron chi connectivity index (χ4n) is 4.68. The number of amides is 1. The van der Waals surface area contributed by atoms with E-state index in [4.69, 9.17) is 21.3 Å². The highest BCUT2D eigenvalue weighted by atomic mass is 35.5. The van der Waals surface area contributed by atoms with Crippen LogP contribution in [0.2, 0.25) is 5.02 Å². The van der Waals surface area contributed by atoms with Gasteiger partial charge in [0.1, 0.15) is 5.01 Å². The van der Waals surface area contributed by atoms with Gasteiger partial charge in [0.05, 0.1) is 30.2 Å². The minimum atomic E-state index is -0.0703. The lowest BCUT2D eigenvalue weighted by Gasteiger charge is -2.26. The van der Waals surface area contributed by atoms with E-state index in [1.807, 2.05) is 49.5 Å². The molecule has 3 aromatic heterocycles. The number of carbonyl (C=O) groups excluding carboxylic acids is 1. The minimum Gasteiger partial charge on any atom is -0.379 e. The van der Waals surface area contributed by atoms with Crippen LogP contribution in [0, 0.1) is 6.92 Å². The molecule has 1 N–H and O–H groups in total. The van der Waals surface area contributed by atoms with E-state index in [0.717, 1.165) is 78.2 Å². The molecule has 1 aliphatic rings. The van der Waals surface area contributed by atoms with E-state index < -0.39 is 0 Å². The van der Waals surface area contributed by atoms with Crippen molar-refractivity contribution in [2.24, 2.45) is 0 Å². The predicted octanol–water partition coefficient (Wildman–Crippen LogP) is 5.31. The van der Waals surface area contributed by atoms with Crippen LogP contribution < -0.4 is 5.32 Å². The van der Waals surface area contributed by atoms with E-state index in [0.29, 0.717) is 23.7 Å². The number of thiazole rings is 1. The van der Waals surface area contributed by atoms with E-state index in [1.165, 1.54) is 0 Å². The molecule has 0 atom stereocenters. The Morgan fingerprint density at radius 1 is 1.18 bits per heavy atom. The van der Waals surface area contributed by atoms with Gasteiger partial charge in [0, 0.05) is 66.3 Å². The Morgan fingerprint density at radius 2 is 2.03 bits per heavy atom. The molecule has 4 heterocycles. The number of hydrogen-bond acceptors (Lipinski definition) is 6. The standard InChI is InChI=1S/C29H32ClN5O2S/c1-3-24-16-22(7-8-31-24)29-33-26(19-38-29)27-17-25(28(36)32-9-10-34-11-13-37-14-12-34)20(2)35(27)18-21-5-4-6-23(30)15-21/h4-8,15-17,19H,3,9-14,18H2,1-2H3,(H,32,36). The monoisotopic (exact) mass is 549 g/mol. The summed E-state index contributed by atoms with van der Waals surface area (Å²) in [5, 5.41) is 6.80. The van der Waals surface area contributed by atoms with Gasteiger partial charge in [-0.3, -0.25) is 14.7 Å². The van der Waals surface area contributed by atoms with Gasteiger partial charge in [0.25, 0.3) is 5.91 Å². The summed E-state index contributed by atoms with van der Waals surface area (Å²) >= 11 is 7.88. The van der Waals surface area contributed by atoms with E-state index in [2.05, 4.69) is 38.1 Å². The average molecular weight is 550 g/mol. The number of rotatable bonds is 9. The lowest BCUT2D eigenvalue weighted by Crippen LogP contribution is -2.41. The van der Waals surface area contributed by atoms with Gasteiger partial charge >= 0.3 is 0 Å². The van der Waals surface area contributed by atoms with Crippen molar-refractivity contribution < 1.29 is 9.53 Å². The second-order valence-corrected chi connectivity index (χ2v) is 10.7. The third-order valence-electron chi connectivity index (χ3n) is 6.85. The molecule has 0 spiro atoms. The first kappa shape index (κ1) is 26.6. The molecule has 198 valence electrons. The van der Waals surface area contributed by atoms with Gasteiger partial charge < -0.3 is 14.6 Å². The molecular formula is C29H32ClN5O2S. The minimum absolute atomic E-state index is 0.0703. The van der Waals surface area contributed by atoms with Crippen LogP contribution in [0.4, 0.5) is 0 Å². The summed E-state index contributed by atoms with van der Waals surface area (Å²) in [5.41, 5.74) is 6.47. The van der Waals surface area contributed by atoms with Crippen LogP contribution in [0.25, 0.3) is 22.0 Å². The highest BCUT2D eigenvalue weighted by Crippen LogP contribution is 2.32. The summed E-state index contributed by atoms with van der Waals surface area (Å²) in [6.07, 6.45) is 2.71. The number of pyridine rings is 1. The van der Waals surface area contributed by atoms with Crippen molar-refractivity contribution in [2.45, 2.75) is 26.8 Å². The first-order chi connectivity index (χ1) is 18.5. The first-order valence-electron chi connectivity index (χ1n) is 13.0. The van der Waals surface area contributed by atoms with Gasteiger partial charge in [-0.05, 0) is 49.2 Å². The van der Waals surface area contributed by atoms with Crippen LogP contribution in [-0.2, 0) is 17.7 Å². The van der Waals surface area contributed by atoms with Gasteiger partial charge in [-0.2, -0.15) is 0 Å². The molecule has 38 heavy (non-hydrogen) atoms. The van der Waals surface area contributed by atoms with Crippen molar-refractivity contribution in [2.75, 3.05) is 39.4 Å². The van der Waals surface area contributed by atoms with Gasteiger partial charge in [-0.1, -0.05) is 30.7 Å².